The molecule has 10 nitrogen and oxygen atoms in total. The van der Waals surface area contributed by atoms with Gasteiger partial charge in [-0.25, -0.2) is 4.39 Å². The van der Waals surface area contributed by atoms with Crippen LogP contribution in [0.1, 0.15) is 20.8 Å². The molecule has 2 aliphatic rings. The van der Waals surface area contributed by atoms with Crippen LogP contribution in [-0.4, -0.2) is 75.4 Å². The number of rotatable bonds is 5. The first-order chi connectivity index (χ1) is 12.0. The molecule has 6 N–H and O–H groups in total. The van der Waals surface area contributed by atoms with Gasteiger partial charge in [-0.3, -0.25) is 9.59 Å². The maximum atomic E-state index is 14.9. The van der Waals surface area contributed by atoms with Crippen molar-refractivity contribution in [3.05, 3.63) is 11.8 Å². The number of esters is 1. The number of hydrogen-bond acceptors (Lipinski definition) is 9. The summed E-state index contributed by atoms with van der Waals surface area (Å²) in [6.45, 7) is 3.79. The first kappa shape index (κ1) is 20.5. The number of halogens is 1. The van der Waals surface area contributed by atoms with Crippen LogP contribution in [0.15, 0.2) is 11.8 Å². The molecular formula is C15H24FN3O7. The van der Waals surface area contributed by atoms with E-state index in [1.54, 1.807) is 13.8 Å². The zero-order valence-electron chi connectivity index (χ0n) is 14.6. The fourth-order valence-corrected chi connectivity index (χ4v) is 2.52. The van der Waals surface area contributed by atoms with Crippen molar-refractivity contribution in [3.63, 3.8) is 0 Å². The van der Waals surface area contributed by atoms with Crippen molar-refractivity contribution in [2.75, 3.05) is 6.61 Å². The van der Waals surface area contributed by atoms with Crippen LogP contribution in [0.2, 0.25) is 0 Å². The molecule has 1 amide bonds. The van der Waals surface area contributed by atoms with E-state index in [9.17, 15) is 29.3 Å². The molecule has 1 fully saturated rings. The van der Waals surface area contributed by atoms with Gasteiger partial charge in [0.1, 0.15) is 18.2 Å². The Morgan fingerprint density at radius 1 is 1.50 bits per heavy atom. The third-order valence-corrected chi connectivity index (χ3v) is 4.31. The largest absolute Gasteiger partial charge is 0.458 e. The van der Waals surface area contributed by atoms with E-state index >= 15 is 0 Å². The van der Waals surface area contributed by atoms with Gasteiger partial charge in [0.25, 0.3) is 11.8 Å². The van der Waals surface area contributed by atoms with Crippen LogP contribution < -0.4 is 11.1 Å². The Morgan fingerprint density at radius 2 is 2.12 bits per heavy atom. The van der Waals surface area contributed by atoms with Crippen LogP contribution in [0.3, 0.4) is 0 Å². The van der Waals surface area contributed by atoms with Gasteiger partial charge in [-0.05, 0) is 12.8 Å². The van der Waals surface area contributed by atoms with Crippen molar-refractivity contribution < 1.29 is 38.8 Å². The first-order valence-electron chi connectivity index (χ1n) is 8.08. The number of ether oxygens (including phenoxy) is 2. The lowest BCUT2D eigenvalue weighted by molar-refractivity contribution is -0.233. The number of aliphatic hydroxyl groups excluding tert-OH is 3. The average Bonchev–Trinajstić information content (AvgIpc) is 2.80. The van der Waals surface area contributed by atoms with Gasteiger partial charge in [0.2, 0.25) is 6.35 Å². The molecule has 1 unspecified atom stereocenters. The summed E-state index contributed by atoms with van der Waals surface area (Å²) in [6.07, 6.45) is -5.81. The molecule has 0 saturated carbocycles. The summed E-state index contributed by atoms with van der Waals surface area (Å²) < 4.78 is 24.7. The van der Waals surface area contributed by atoms with Crippen molar-refractivity contribution in [2.45, 2.75) is 57.5 Å². The summed E-state index contributed by atoms with van der Waals surface area (Å²) in [7, 11) is 0. The van der Waals surface area contributed by atoms with Crippen LogP contribution in [0.4, 0.5) is 4.39 Å². The zero-order valence-corrected chi connectivity index (χ0v) is 14.6. The van der Waals surface area contributed by atoms with Gasteiger partial charge in [-0.15, -0.1) is 0 Å². The van der Waals surface area contributed by atoms with E-state index in [4.69, 9.17) is 15.2 Å². The third kappa shape index (κ3) is 3.81. The van der Waals surface area contributed by atoms with E-state index in [0.717, 1.165) is 11.1 Å². The minimum Gasteiger partial charge on any atom is -0.458 e. The lowest BCUT2D eigenvalue weighted by Gasteiger charge is -2.36. The fraction of sp³-hybridized carbons (Fsp3) is 0.733. The first-order valence-corrected chi connectivity index (χ1v) is 8.08. The van der Waals surface area contributed by atoms with E-state index in [2.05, 4.69) is 5.32 Å². The second-order valence-electron chi connectivity index (χ2n) is 6.71. The molecule has 26 heavy (non-hydrogen) atoms. The number of amides is 1. The number of alkyl halides is 1. The van der Waals surface area contributed by atoms with Gasteiger partial charge < -0.3 is 40.7 Å². The number of aliphatic hydroxyl groups is 3. The second-order valence-corrected chi connectivity index (χ2v) is 6.71. The van der Waals surface area contributed by atoms with E-state index < -0.39 is 55.2 Å². The summed E-state index contributed by atoms with van der Waals surface area (Å²) in [5, 5.41) is 32.2. The summed E-state index contributed by atoms with van der Waals surface area (Å²) >= 11 is 0. The molecule has 0 radical (unpaired) electrons. The molecular weight excluding hydrogens is 353 g/mol. The molecule has 0 aliphatic carbocycles. The molecule has 0 aromatic rings. The highest BCUT2D eigenvalue weighted by molar-refractivity contribution is 5.93. The smallest absolute Gasteiger partial charge is 0.323 e. The van der Waals surface area contributed by atoms with Gasteiger partial charge in [0.15, 0.2) is 12.8 Å². The average molecular weight is 377 g/mol. The summed E-state index contributed by atoms with van der Waals surface area (Å²) in [5.74, 6) is -4.60. The SMILES string of the molecule is CC1=CN([C@@H]2O[C@](F)(COC(=O)[C@@H](N)C(C)C)[C@@H](O)[C@H]2O)C(O)NC1=O. The Balaban J connectivity index is 2.11. The predicted molar refractivity (Wildman–Crippen MR) is 84.2 cm³/mol. The van der Waals surface area contributed by atoms with Crippen LogP contribution in [0.5, 0.6) is 0 Å². The Morgan fingerprint density at radius 3 is 2.69 bits per heavy atom. The predicted octanol–water partition coefficient (Wildman–Crippen LogP) is -2.13. The van der Waals surface area contributed by atoms with Crippen LogP contribution in [-0.2, 0) is 19.1 Å². The highest BCUT2D eigenvalue weighted by Gasteiger charge is 2.58. The monoisotopic (exact) mass is 377 g/mol. The van der Waals surface area contributed by atoms with Gasteiger partial charge in [-0.1, -0.05) is 13.8 Å². The molecule has 2 heterocycles. The lowest BCUT2D eigenvalue weighted by atomic mass is 10.1. The quantitative estimate of drug-likeness (QED) is 0.338. The van der Waals surface area contributed by atoms with Crippen molar-refractivity contribution in [1.29, 1.82) is 0 Å². The maximum Gasteiger partial charge on any atom is 0.323 e. The van der Waals surface area contributed by atoms with Crippen molar-refractivity contribution in [1.82, 2.24) is 10.2 Å². The molecule has 1 saturated heterocycles. The van der Waals surface area contributed by atoms with Gasteiger partial charge >= 0.3 is 5.97 Å². The molecule has 0 bridgehead atoms. The van der Waals surface area contributed by atoms with Gasteiger partial charge in [-0.2, -0.15) is 0 Å². The minimum absolute atomic E-state index is 0.172. The molecule has 0 aromatic heterocycles. The standard InChI is InChI=1S/C15H24FN3O7/c1-6(2)8(17)13(23)25-5-15(16)10(21)9(20)12(26-15)19-4-7(3)11(22)18-14(19)24/h4,6,8-10,12,14,20-21,24H,5,17H2,1-3H3,(H,18,22)/t8-,9+,10-,12+,14?,15+/m0/s1. The van der Waals surface area contributed by atoms with Crippen LogP contribution in [0.25, 0.3) is 0 Å². The summed E-state index contributed by atoms with van der Waals surface area (Å²) in [6, 6.07) is -0.984. The number of carbonyl (C=O) groups excluding carboxylic acids is 2. The van der Waals surface area contributed by atoms with Crippen molar-refractivity contribution >= 4 is 11.9 Å². The number of carbonyl (C=O) groups is 2. The summed E-state index contributed by atoms with van der Waals surface area (Å²) in [5.41, 5.74) is 5.77. The van der Waals surface area contributed by atoms with Crippen molar-refractivity contribution in [2.24, 2.45) is 11.7 Å². The molecule has 0 spiro atoms. The molecule has 6 atom stereocenters. The van der Waals surface area contributed by atoms with E-state index in [-0.39, 0.29) is 11.5 Å². The highest BCUT2D eigenvalue weighted by Crippen LogP contribution is 2.36. The Kier molecular flexibility index (Phi) is 5.88. The Bertz CT molecular complexity index is 602. The van der Waals surface area contributed by atoms with E-state index in [1.807, 2.05) is 0 Å². The van der Waals surface area contributed by atoms with Crippen molar-refractivity contribution in [3.8, 4) is 0 Å². The Labute approximate surface area is 149 Å². The number of nitrogens with two attached hydrogens (primary N) is 1. The lowest BCUT2D eigenvalue weighted by Crippen LogP contribution is -2.56. The number of nitrogens with one attached hydrogen (secondary N) is 1. The van der Waals surface area contributed by atoms with Gasteiger partial charge in [0.05, 0.1) is 0 Å². The maximum absolute atomic E-state index is 14.9. The van der Waals surface area contributed by atoms with Gasteiger partial charge in [0, 0.05) is 11.8 Å². The van der Waals surface area contributed by atoms with E-state index in [0.29, 0.717) is 0 Å². The minimum atomic E-state index is -2.92. The molecule has 2 aliphatic heterocycles. The normalized spacial score (nSPS) is 36.0. The fourth-order valence-electron chi connectivity index (χ4n) is 2.52. The molecule has 0 aromatic carbocycles. The highest BCUT2D eigenvalue weighted by atomic mass is 19.2. The zero-order chi connectivity index (χ0) is 19.8. The second kappa shape index (κ2) is 7.45. The number of nitrogens with zero attached hydrogens (tertiary/aromatic N) is 1. The molecule has 2 rings (SSSR count). The third-order valence-electron chi connectivity index (χ3n) is 4.31. The number of hydrogen-bond donors (Lipinski definition) is 5. The van der Waals surface area contributed by atoms with E-state index in [1.165, 1.54) is 6.92 Å². The summed E-state index contributed by atoms with van der Waals surface area (Å²) in [4.78, 5) is 24.2. The van der Waals surface area contributed by atoms with Crippen LogP contribution >= 0.6 is 0 Å². The topological polar surface area (TPSA) is 155 Å². The molecule has 148 valence electrons. The van der Waals surface area contributed by atoms with Crippen LogP contribution in [0, 0.1) is 5.92 Å². The Hall–Kier alpha value is -1.79. The molecule has 11 heteroatoms.